The van der Waals surface area contributed by atoms with Gasteiger partial charge in [-0.25, -0.2) is 0 Å². The van der Waals surface area contributed by atoms with E-state index in [4.69, 9.17) is 23.2 Å². The van der Waals surface area contributed by atoms with Crippen molar-refractivity contribution in [1.29, 1.82) is 0 Å². The Kier molecular flexibility index (Phi) is 5.23. The molecule has 4 heteroatoms. The van der Waals surface area contributed by atoms with Gasteiger partial charge in [-0.05, 0) is 52.7 Å². The minimum atomic E-state index is 0.582. The van der Waals surface area contributed by atoms with Gasteiger partial charge in [0.1, 0.15) is 0 Å². The number of hydrogen-bond donors (Lipinski definition) is 1. The van der Waals surface area contributed by atoms with E-state index in [1.54, 1.807) is 0 Å². The molecule has 1 N–H and O–H groups in total. The quantitative estimate of drug-likeness (QED) is 0.659. The molecule has 100 valence electrons. The van der Waals surface area contributed by atoms with Crippen LogP contribution in [0.4, 0.5) is 5.69 Å². The molecular formula is C14H18BrCl2N. The molecule has 0 saturated heterocycles. The highest BCUT2D eigenvalue weighted by Crippen LogP contribution is 2.36. The Morgan fingerprint density at radius 2 is 1.83 bits per heavy atom. The van der Waals surface area contributed by atoms with Gasteiger partial charge in [0.05, 0.1) is 15.7 Å². The highest BCUT2D eigenvalue weighted by atomic mass is 79.9. The molecule has 18 heavy (non-hydrogen) atoms. The summed E-state index contributed by atoms with van der Waals surface area (Å²) >= 11 is 15.7. The van der Waals surface area contributed by atoms with Crippen molar-refractivity contribution >= 4 is 44.8 Å². The summed E-state index contributed by atoms with van der Waals surface area (Å²) in [6, 6.07) is 3.91. The van der Waals surface area contributed by atoms with Crippen molar-refractivity contribution in [1.82, 2.24) is 0 Å². The van der Waals surface area contributed by atoms with Gasteiger partial charge in [-0.3, -0.25) is 0 Å². The third-order valence-electron chi connectivity index (χ3n) is 3.75. The van der Waals surface area contributed by atoms with Gasteiger partial charge in [0.25, 0.3) is 0 Å². The molecule has 0 atom stereocenters. The second-order valence-electron chi connectivity index (χ2n) is 5.23. The Balaban J connectivity index is 1.92. The largest absolute Gasteiger partial charge is 0.384 e. The maximum absolute atomic E-state index is 6.21. The molecule has 1 aliphatic carbocycles. The topological polar surface area (TPSA) is 12.0 Å². The van der Waals surface area contributed by atoms with Crippen molar-refractivity contribution in [3.63, 3.8) is 0 Å². The van der Waals surface area contributed by atoms with Gasteiger partial charge in [0.2, 0.25) is 0 Å². The van der Waals surface area contributed by atoms with E-state index in [1.807, 2.05) is 12.1 Å². The number of benzene rings is 1. The van der Waals surface area contributed by atoms with Crippen LogP contribution in [-0.4, -0.2) is 6.54 Å². The van der Waals surface area contributed by atoms with E-state index in [0.29, 0.717) is 10.0 Å². The molecule has 1 aliphatic rings. The summed E-state index contributed by atoms with van der Waals surface area (Å²) in [5, 5.41) is 4.62. The highest BCUT2D eigenvalue weighted by Gasteiger charge is 2.18. The number of anilines is 1. The summed E-state index contributed by atoms with van der Waals surface area (Å²) in [5.74, 6) is 1.66. The van der Waals surface area contributed by atoms with Crippen molar-refractivity contribution in [2.75, 3.05) is 11.9 Å². The fourth-order valence-electron chi connectivity index (χ4n) is 2.45. The summed E-state index contributed by atoms with van der Waals surface area (Å²) in [6.07, 6.45) is 5.33. The number of halogens is 3. The Labute approximate surface area is 127 Å². The second kappa shape index (κ2) is 6.49. The third-order valence-corrected chi connectivity index (χ3v) is 5.52. The second-order valence-corrected chi connectivity index (χ2v) is 6.84. The first-order valence-corrected chi connectivity index (χ1v) is 8.00. The lowest BCUT2D eigenvalue weighted by Crippen LogP contribution is -2.20. The van der Waals surface area contributed by atoms with E-state index in [1.165, 1.54) is 25.7 Å². The Morgan fingerprint density at radius 3 is 2.50 bits per heavy atom. The lowest BCUT2D eigenvalue weighted by molar-refractivity contribution is 0.300. The van der Waals surface area contributed by atoms with Gasteiger partial charge in [-0.15, -0.1) is 0 Å². The Hall–Kier alpha value is 0.0800. The van der Waals surface area contributed by atoms with Gasteiger partial charge in [0, 0.05) is 11.0 Å². The minimum absolute atomic E-state index is 0.582. The summed E-state index contributed by atoms with van der Waals surface area (Å²) in [5.41, 5.74) is 0.934. The summed E-state index contributed by atoms with van der Waals surface area (Å²) in [7, 11) is 0. The summed E-state index contributed by atoms with van der Waals surface area (Å²) in [4.78, 5) is 0. The maximum atomic E-state index is 6.21. The number of nitrogens with one attached hydrogen (secondary N) is 1. The van der Waals surface area contributed by atoms with Gasteiger partial charge >= 0.3 is 0 Å². The highest BCUT2D eigenvalue weighted by molar-refractivity contribution is 9.10. The molecule has 0 radical (unpaired) electrons. The molecule has 1 nitrogen and oxygen atoms in total. The van der Waals surface area contributed by atoms with Crippen LogP contribution in [0.1, 0.15) is 32.6 Å². The summed E-state index contributed by atoms with van der Waals surface area (Å²) in [6.45, 7) is 3.33. The fraction of sp³-hybridized carbons (Fsp3) is 0.571. The molecule has 0 unspecified atom stereocenters. The number of hydrogen-bond acceptors (Lipinski definition) is 1. The van der Waals surface area contributed by atoms with Crippen LogP contribution in [0.5, 0.6) is 0 Å². The van der Waals surface area contributed by atoms with E-state index >= 15 is 0 Å². The monoisotopic (exact) mass is 349 g/mol. The molecule has 1 fully saturated rings. The first-order chi connectivity index (χ1) is 8.58. The first-order valence-electron chi connectivity index (χ1n) is 6.45. The molecule has 0 bridgehead atoms. The van der Waals surface area contributed by atoms with Crippen molar-refractivity contribution in [3.8, 4) is 0 Å². The van der Waals surface area contributed by atoms with Crippen LogP contribution >= 0.6 is 39.1 Å². The zero-order chi connectivity index (χ0) is 13.1. The average Bonchev–Trinajstić information content (AvgIpc) is 2.37. The molecule has 0 amide bonds. The van der Waals surface area contributed by atoms with Crippen LogP contribution in [0.15, 0.2) is 16.6 Å². The molecule has 0 spiro atoms. The lowest BCUT2D eigenvalue weighted by Gasteiger charge is -2.26. The Morgan fingerprint density at radius 1 is 1.17 bits per heavy atom. The molecule has 1 aromatic carbocycles. The van der Waals surface area contributed by atoms with Gasteiger partial charge in [-0.2, -0.15) is 0 Å². The van der Waals surface area contributed by atoms with E-state index in [0.717, 1.165) is 28.5 Å². The van der Waals surface area contributed by atoms with Gasteiger partial charge in [-0.1, -0.05) is 43.0 Å². The average molecular weight is 351 g/mol. The van der Waals surface area contributed by atoms with E-state index < -0.39 is 0 Å². The van der Waals surface area contributed by atoms with Crippen molar-refractivity contribution in [3.05, 3.63) is 26.7 Å². The van der Waals surface area contributed by atoms with Crippen molar-refractivity contribution in [2.24, 2.45) is 11.8 Å². The molecule has 0 aliphatic heterocycles. The minimum Gasteiger partial charge on any atom is -0.384 e. The van der Waals surface area contributed by atoms with Crippen LogP contribution < -0.4 is 5.32 Å². The fourth-order valence-corrected chi connectivity index (χ4v) is 3.29. The standard InChI is InChI=1S/C14H18BrCl2N/c1-9-2-4-10(5-3-9)8-18-12-7-6-11(15)13(16)14(12)17/h6-7,9-10,18H,2-5,8H2,1H3. The Bertz CT molecular complexity index is 415. The summed E-state index contributed by atoms with van der Waals surface area (Å²) < 4.78 is 0.839. The van der Waals surface area contributed by atoms with Crippen LogP contribution in [-0.2, 0) is 0 Å². The normalized spacial score (nSPS) is 24.0. The SMILES string of the molecule is CC1CCC(CNc2ccc(Br)c(Cl)c2Cl)CC1. The van der Waals surface area contributed by atoms with Gasteiger partial charge in [0.15, 0.2) is 0 Å². The van der Waals surface area contributed by atoms with E-state index in [9.17, 15) is 0 Å². The molecule has 0 aromatic heterocycles. The molecular weight excluding hydrogens is 333 g/mol. The lowest BCUT2D eigenvalue weighted by atomic mass is 9.83. The van der Waals surface area contributed by atoms with E-state index in [-0.39, 0.29) is 0 Å². The van der Waals surface area contributed by atoms with Crippen LogP contribution in [0.2, 0.25) is 10.0 Å². The predicted molar refractivity (Wildman–Crippen MR) is 83.8 cm³/mol. The van der Waals surface area contributed by atoms with Crippen LogP contribution in [0.25, 0.3) is 0 Å². The molecule has 1 aromatic rings. The molecule has 1 saturated carbocycles. The molecule has 0 heterocycles. The maximum Gasteiger partial charge on any atom is 0.0835 e. The smallest absolute Gasteiger partial charge is 0.0835 e. The first kappa shape index (κ1) is 14.5. The van der Waals surface area contributed by atoms with Gasteiger partial charge < -0.3 is 5.32 Å². The van der Waals surface area contributed by atoms with Crippen molar-refractivity contribution in [2.45, 2.75) is 32.6 Å². The van der Waals surface area contributed by atoms with Crippen LogP contribution in [0, 0.1) is 11.8 Å². The number of rotatable bonds is 3. The van der Waals surface area contributed by atoms with Crippen molar-refractivity contribution < 1.29 is 0 Å². The van der Waals surface area contributed by atoms with Crippen LogP contribution in [0.3, 0.4) is 0 Å². The zero-order valence-corrected chi connectivity index (χ0v) is 13.6. The van der Waals surface area contributed by atoms with E-state index in [2.05, 4.69) is 28.2 Å². The predicted octanol–water partition coefficient (Wildman–Crippen LogP) is 5.99. The molecule has 2 rings (SSSR count). The zero-order valence-electron chi connectivity index (χ0n) is 10.5. The third kappa shape index (κ3) is 3.55.